The van der Waals surface area contributed by atoms with Gasteiger partial charge in [-0.3, -0.25) is 9.48 Å². The molecule has 0 aliphatic rings. The van der Waals surface area contributed by atoms with Crippen LogP contribution in [0.25, 0.3) is 0 Å². The molecule has 2 aromatic carbocycles. The number of aryl methyl sites for hydroxylation is 4. The summed E-state index contributed by atoms with van der Waals surface area (Å²) in [6, 6.07) is 13.6. The van der Waals surface area contributed by atoms with Crippen LogP contribution in [0, 0.1) is 20.8 Å². The Morgan fingerprint density at radius 3 is 2.36 bits per heavy atom. The highest BCUT2D eigenvalue weighted by molar-refractivity contribution is 5.94. The average molecular weight is 377 g/mol. The predicted octanol–water partition coefficient (Wildman–Crippen LogP) is 4.34. The van der Waals surface area contributed by atoms with E-state index in [2.05, 4.69) is 10.4 Å². The maximum absolute atomic E-state index is 12.4. The molecule has 0 bridgehead atoms. The maximum atomic E-state index is 12.4. The Balaban J connectivity index is 1.57. The molecule has 0 fully saturated rings. The number of para-hydroxylation sites is 1. The second-order valence-corrected chi connectivity index (χ2v) is 6.98. The summed E-state index contributed by atoms with van der Waals surface area (Å²) in [7, 11) is 0. The fraction of sp³-hybridized carbons (Fsp3) is 0.304. The Morgan fingerprint density at radius 1 is 1.07 bits per heavy atom. The van der Waals surface area contributed by atoms with Crippen LogP contribution in [0.2, 0.25) is 0 Å². The van der Waals surface area contributed by atoms with Gasteiger partial charge in [0.1, 0.15) is 12.4 Å². The van der Waals surface area contributed by atoms with E-state index in [4.69, 9.17) is 4.74 Å². The van der Waals surface area contributed by atoms with Crippen LogP contribution in [0.3, 0.4) is 0 Å². The van der Waals surface area contributed by atoms with E-state index in [1.165, 1.54) is 0 Å². The van der Waals surface area contributed by atoms with E-state index < -0.39 is 0 Å². The number of ether oxygens (including phenoxy) is 1. The molecule has 5 nitrogen and oxygen atoms in total. The Kier molecular flexibility index (Phi) is 6.14. The Bertz CT molecular complexity index is 938. The zero-order chi connectivity index (χ0) is 20.1. The molecule has 0 spiro atoms. The lowest BCUT2D eigenvalue weighted by Crippen LogP contribution is -2.22. The van der Waals surface area contributed by atoms with Crippen molar-refractivity contribution >= 4 is 5.91 Å². The molecule has 146 valence electrons. The zero-order valence-corrected chi connectivity index (χ0v) is 17.0. The molecule has 3 aromatic rings. The van der Waals surface area contributed by atoms with Crippen LogP contribution in [0.1, 0.15) is 45.2 Å². The first kappa shape index (κ1) is 19.7. The lowest BCUT2D eigenvalue weighted by molar-refractivity contribution is 0.0951. The number of hydrogen-bond donors (Lipinski definition) is 1. The average Bonchev–Trinajstić information content (AvgIpc) is 3.06. The van der Waals surface area contributed by atoms with Crippen LogP contribution >= 0.6 is 0 Å². The van der Waals surface area contributed by atoms with Crippen LogP contribution in [0.15, 0.2) is 48.7 Å². The second-order valence-electron chi connectivity index (χ2n) is 6.98. The van der Waals surface area contributed by atoms with Gasteiger partial charge in [-0.15, -0.1) is 0 Å². The van der Waals surface area contributed by atoms with E-state index in [-0.39, 0.29) is 5.91 Å². The van der Waals surface area contributed by atoms with Gasteiger partial charge in [-0.25, -0.2) is 0 Å². The first-order chi connectivity index (χ1) is 13.5. The molecule has 3 rings (SSSR count). The highest BCUT2D eigenvalue weighted by atomic mass is 16.5. The van der Waals surface area contributed by atoms with E-state index in [0.717, 1.165) is 40.2 Å². The fourth-order valence-corrected chi connectivity index (χ4v) is 3.11. The first-order valence-electron chi connectivity index (χ1n) is 9.57. The molecule has 0 aliphatic carbocycles. The van der Waals surface area contributed by atoms with Crippen molar-refractivity contribution in [1.82, 2.24) is 15.1 Å². The Morgan fingerprint density at radius 2 is 1.75 bits per heavy atom. The number of nitrogens with one attached hydrogen (secondary N) is 1. The van der Waals surface area contributed by atoms with Crippen LogP contribution in [-0.4, -0.2) is 15.7 Å². The molecular weight excluding hydrogens is 350 g/mol. The topological polar surface area (TPSA) is 56.2 Å². The highest BCUT2D eigenvalue weighted by Crippen LogP contribution is 2.23. The predicted molar refractivity (Wildman–Crippen MR) is 110 cm³/mol. The Hall–Kier alpha value is -3.08. The smallest absolute Gasteiger partial charge is 0.251 e. The van der Waals surface area contributed by atoms with Crippen LogP contribution < -0.4 is 10.1 Å². The van der Waals surface area contributed by atoms with Crippen molar-refractivity contribution in [2.45, 2.75) is 47.4 Å². The summed E-state index contributed by atoms with van der Waals surface area (Å²) in [6.45, 7) is 9.86. The van der Waals surface area contributed by atoms with Gasteiger partial charge in [0, 0.05) is 30.4 Å². The van der Waals surface area contributed by atoms with Gasteiger partial charge in [0.15, 0.2) is 0 Å². The third kappa shape index (κ3) is 4.60. The number of aromatic nitrogens is 2. The molecule has 1 amide bonds. The quantitative estimate of drug-likeness (QED) is 0.666. The molecule has 28 heavy (non-hydrogen) atoms. The summed E-state index contributed by atoms with van der Waals surface area (Å²) in [5, 5.41) is 7.36. The van der Waals surface area contributed by atoms with Crippen molar-refractivity contribution in [1.29, 1.82) is 0 Å². The molecule has 0 radical (unpaired) electrons. The molecule has 1 N–H and O–H groups in total. The lowest BCUT2D eigenvalue weighted by Gasteiger charge is -2.12. The number of rotatable bonds is 7. The van der Waals surface area contributed by atoms with Gasteiger partial charge in [0.25, 0.3) is 5.91 Å². The standard InChI is InChI=1S/C23H27N3O2/c1-5-26-14-21(18(4)25-26)13-24-23(27)20-11-9-19(10-12-20)15-28-22-16(2)7-6-8-17(22)3/h6-12,14H,5,13,15H2,1-4H3,(H,24,27). The Labute approximate surface area is 166 Å². The molecular formula is C23H27N3O2. The number of carbonyl (C=O) groups excluding carboxylic acids is 1. The second kappa shape index (κ2) is 8.74. The first-order valence-corrected chi connectivity index (χ1v) is 9.57. The summed E-state index contributed by atoms with van der Waals surface area (Å²) in [5.41, 5.74) is 5.89. The fourth-order valence-electron chi connectivity index (χ4n) is 3.11. The highest BCUT2D eigenvalue weighted by Gasteiger charge is 2.09. The van der Waals surface area contributed by atoms with E-state index in [0.29, 0.717) is 18.7 Å². The minimum Gasteiger partial charge on any atom is -0.488 e. The molecule has 0 aliphatic heterocycles. The van der Waals surface area contributed by atoms with Crippen LogP contribution in [0.5, 0.6) is 5.75 Å². The molecule has 0 unspecified atom stereocenters. The van der Waals surface area contributed by atoms with E-state index in [1.807, 2.05) is 81.0 Å². The molecule has 1 aromatic heterocycles. The van der Waals surface area contributed by atoms with Crippen molar-refractivity contribution in [3.05, 3.63) is 82.2 Å². The summed E-state index contributed by atoms with van der Waals surface area (Å²) >= 11 is 0. The van der Waals surface area contributed by atoms with Crippen molar-refractivity contribution in [2.24, 2.45) is 0 Å². The summed E-state index contributed by atoms with van der Waals surface area (Å²) < 4.78 is 7.85. The summed E-state index contributed by atoms with van der Waals surface area (Å²) in [6.07, 6.45) is 1.98. The van der Waals surface area contributed by atoms with Crippen LogP contribution in [0.4, 0.5) is 0 Å². The van der Waals surface area contributed by atoms with Gasteiger partial charge in [-0.1, -0.05) is 30.3 Å². The van der Waals surface area contributed by atoms with Gasteiger partial charge in [-0.2, -0.15) is 5.10 Å². The van der Waals surface area contributed by atoms with E-state index in [9.17, 15) is 4.79 Å². The molecule has 1 heterocycles. The molecule has 5 heteroatoms. The third-order valence-corrected chi connectivity index (χ3v) is 4.82. The molecule has 0 saturated carbocycles. The van der Waals surface area contributed by atoms with E-state index in [1.54, 1.807) is 0 Å². The van der Waals surface area contributed by atoms with Gasteiger partial charge < -0.3 is 10.1 Å². The van der Waals surface area contributed by atoms with Crippen LogP contribution in [-0.2, 0) is 19.7 Å². The third-order valence-electron chi connectivity index (χ3n) is 4.82. The molecule has 0 saturated heterocycles. The molecule has 0 atom stereocenters. The number of benzene rings is 2. The van der Waals surface area contributed by atoms with Gasteiger partial charge in [-0.05, 0) is 56.5 Å². The monoisotopic (exact) mass is 377 g/mol. The minimum atomic E-state index is -0.0918. The normalized spacial score (nSPS) is 10.7. The van der Waals surface area contributed by atoms with Gasteiger partial charge in [0.2, 0.25) is 0 Å². The largest absolute Gasteiger partial charge is 0.488 e. The van der Waals surface area contributed by atoms with E-state index >= 15 is 0 Å². The summed E-state index contributed by atoms with van der Waals surface area (Å²) in [4.78, 5) is 12.4. The van der Waals surface area contributed by atoms with Crippen molar-refractivity contribution < 1.29 is 9.53 Å². The lowest BCUT2D eigenvalue weighted by atomic mass is 10.1. The van der Waals surface area contributed by atoms with Gasteiger partial charge in [0.05, 0.1) is 5.69 Å². The minimum absolute atomic E-state index is 0.0918. The number of nitrogens with zero attached hydrogens (tertiary/aromatic N) is 2. The number of carbonyl (C=O) groups is 1. The van der Waals surface area contributed by atoms with Gasteiger partial charge >= 0.3 is 0 Å². The number of amides is 1. The zero-order valence-electron chi connectivity index (χ0n) is 17.0. The van der Waals surface area contributed by atoms with Crippen molar-refractivity contribution in [2.75, 3.05) is 0 Å². The van der Waals surface area contributed by atoms with Crippen molar-refractivity contribution in [3.63, 3.8) is 0 Å². The summed E-state index contributed by atoms with van der Waals surface area (Å²) in [5.74, 6) is 0.832. The number of hydrogen-bond acceptors (Lipinski definition) is 3. The van der Waals surface area contributed by atoms with Crippen molar-refractivity contribution in [3.8, 4) is 5.75 Å². The maximum Gasteiger partial charge on any atom is 0.251 e. The SMILES string of the molecule is CCn1cc(CNC(=O)c2ccc(COc3c(C)cccc3C)cc2)c(C)n1.